The van der Waals surface area contributed by atoms with Crippen LogP contribution in [0, 0.1) is 13.8 Å². The van der Waals surface area contributed by atoms with Crippen LogP contribution in [-0.2, 0) is 13.6 Å². The van der Waals surface area contributed by atoms with E-state index in [2.05, 4.69) is 38.1 Å². The highest BCUT2D eigenvalue weighted by Gasteiger charge is 2.17. The van der Waals surface area contributed by atoms with Gasteiger partial charge < -0.3 is 9.09 Å². The van der Waals surface area contributed by atoms with Crippen LogP contribution < -0.4 is 0 Å². The minimum absolute atomic E-state index is 0.706. The van der Waals surface area contributed by atoms with Gasteiger partial charge in [-0.1, -0.05) is 11.2 Å². The Balaban J connectivity index is 1.71. The van der Waals surface area contributed by atoms with E-state index in [0.717, 1.165) is 50.3 Å². The zero-order chi connectivity index (χ0) is 20.0. The molecule has 7 nitrogen and oxygen atoms in total. The molecule has 0 unspecified atom stereocenters. The number of aryl methyl sites for hydroxylation is 3. The van der Waals surface area contributed by atoms with Crippen molar-refractivity contribution in [3.05, 3.63) is 72.4 Å². The van der Waals surface area contributed by atoms with Crippen LogP contribution in [0.15, 0.2) is 59.9 Å². The van der Waals surface area contributed by atoms with Gasteiger partial charge >= 0.3 is 0 Å². The summed E-state index contributed by atoms with van der Waals surface area (Å²) in [5, 5.41) is 8.41. The summed E-state index contributed by atoms with van der Waals surface area (Å²) in [5.74, 6) is 0.793. The number of nitrogens with zero attached hydrogens (tertiary/aromatic N) is 6. The number of hydrogen-bond acceptors (Lipinski definition) is 5. The molecule has 0 atom stereocenters. The minimum atomic E-state index is 0.706. The summed E-state index contributed by atoms with van der Waals surface area (Å²) < 4.78 is 9.38. The second kappa shape index (κ2) is 6.70. The molecule has 0 fully saturated rings. The minimum Gasteiger partial charge on any atom is -0.361 e. The SMILES string of the molecule is Cc1noc(C)c1-c1cnc2c(-c3cnn(C)c3)cn(Cc3cccnc3)c2c1. The largest absolute Gasteiger partial charge is 0.361 e. The van der Waals surface area contributed by atoms with E-state index < -0.39 is 0 Å². The van der Waals surface area contributed by atoms with Crippen molar-refractivity contribution in [3.8, 4) is 22.3 Å². The first kappa shape index (κ1) is 17.4. The normalized spacial score (nSPS) is 11.4. The van der Waals surface area contributed by atoms with Gasteiger partial charge in [-0.05, 0) is 31.5 Å². The quantitative estimate of drug-likeness (QED) is 0.465. The molecule has 0 bridgehead atoms. The Morgan fingerprint density at radius 3 is 2.66 bits per heavy atom. The number of aromatic nitrogens is 6. The van der Waals surface area contributed by atoms with Crippen molar-refractivity contribution in [3.63, 3.8) is 0 Å². The van der Waals surface area contributed by atoms with Crippen molar-refractivity contribution in [1.82, 2.24) is 29.5 Å². The summed E-state index contributed by atoms with van der Waals surface area (Å²) in [6, 6.07) is 6.19. The lowest BCUT2D eigenvalue weighted by Gasteiger charge is -2.06. The van der Waals surface area contributed by atoms with E-state index in [9.17, 15) is 0 Å². The highest BCUT2D eigenvalue weighted by molar-refractivity contribution is 5.94. The van der Waals surface area contributed by atoms with Gasteiger partial charge in [-0.3, -0.25) is 14.6 Å². The Bertz CT molecular complexity index is 1290. The van der Waals surface area contributed by atoms with E-state index in [-0.39, 0.29) is 0 Å². The Morgan fingerprint density at radius 1 is 1.07 bits per heavy atom. The Labute approximate surface area is 167 Å². The third-order valence-electron chi connectivity index (χ3n) is 5.13. The van der Waals surface area contributed by atoms with Crippen molar-refractivity contribution < 1.29 is 4.52 Å². The lowest BCUT2D eigenvalue weighted by Crippen LogP contribution is -1.98. The standard InChI is InChI=1S/C22H20N6O/c1-14-21(15(2)29-26-14)17-7-20-22(24-9-17)19(18-10-25-27(3)12-18)13-28(20)11-16-5-4-6-23-8-16/h4-10,12-13H,11H2,1-3H3. The molecule has 0 radical (unpaired) electrons. The van der Waals surface area contributed by atoms with E-state index in [1.165, 1.54) is 0 Å². The number of rotatable bonds is 4. The molecule has 5 rings (SSSR count). The lowest BCUT2D eigenvalue weighted by atomic mass is 10.1. The van der Waals surface area contributed by atoms with Crippen molar-refractivity contribution in [2.45, 2.75) is 20.4 Å². The molecule has 0 spiro atoms. The van der Waals surface area contributed by atoms with E-state index in [4.69, 9.17) is 9.51 Å². The summed E-state index contributed by atoms with van der Waals surface area (Å²) in [7, 11) is 1.92. The third-order valence-corrected chi connectivity index (χ3v) is 5.13. The molecule has 144 valence electrons. The fraction of sp³-hybridized carbons (Fsp3) is 0.182. The first-order valence-electron chi connectivity index (χ1n) is 9.40. The fourth-order valence-electron chi connectivity index (χ4n) is 3.79. The van der Waals surface area contributed by atoms with Crippen LogP contribution in [0.3, 0.4) is 0 Å². The van der Waals surface area contributed by atoms with Gasteiger partial charge in [-0.25, -0.2) is 0 Å². The van der Waals surface area contributed by atoms with Gasteiger partial charge in [0.1, 0.15) is 5.76 Å². The maximum Gasteiger partial charge on any atom is 0.141 e. The predicted molar refractivity (Wildman–Crippen MR) is 110 cm³/mol. The highest BCUT2D eigenvalue weighted by Crippen LogP contribution is 2.34. The van der Waals surface area contributed by atoms with Gasteiger partial charge in [0.2, 0.25) is 0 Å². The number of pyridine rings is 2. The van der Waals surface area contributed by atoms with Crippen LogP contribution in [-0.4, -0.2) is 29.5 Å². The molecule has 0 N–H and O–H groups in total. The van der Waals surface area contributed by atoms with Crippen LogP contribution in [0.1, 0.15) is 17.0 Å². The zero-order valence-corrected chi connectivity index (χ0v) is 16.5. The molecule has 0 saturated heterocycles. The summed E-state index contributed by atoms with van der Waals surface area (Å²) in [5.41, 5.74) is 8.07. The lowest BCUT2D eigenvalue weighted by molar-refractivity contribution is 0.393. The summed E-state index contributed by atoms with van der Waals surface area (Å²) in [6.45, 7) is 4.58. The number of fused-ring (bicyclic) bond motifs is 1. The second-order valence-corrected chi connectivity index (χ2v) is 7.23. The predicted octanol–water partition coefficient (Wildman–Crippen LogP) is 4.15. The Morgan fingerprint density at radius 2 is 1.97 bits per heavy atom. The molecule has 7 heteroatoms. The first-order chi connectivity index (χ1) is 14.1. The topological polar surface area (TPSA) is 74.6 Å². The summed E-state index contributed by atoms with van der Waals surface area (Å²) in [4.78, 5) is 9.07. The van der Waals surface area contributed by atoms with Gasteiger partial charge in [0.15, 0.2) is 0 Å². The monoisotopic (exact) mass is 384 g/mol. The molecule has 5 aromatic heterocycles. The number of hydrogen-bond donors (Lipinski definition) is 0. The van der Waals surface area contributed by atoms with Gasteiger partial charge in [-0.15, -0.1) is 0 Å². The van der Waals surface area contributed by atoms with E-state index in [0.29, 0.717) is 6.54 Å². The molecule has 0 aliphatic heterocycles. The Kier molecular flexibility index (Phi) is 4.01. The molecule has 5 heterocycles. The molecule has 5 aromatic rings. The summed E-state index contributed by atoms with van der Waals surface area (Å²) in [6.07, 6.45) is 11.6. The van der Waals surface area contributed by atoms with E-state index in [1.807, 2.05) is 51.7 Å². The van der Waals surface area contributed by atoms with Gasteiger partial charge in [0.05, 0.1) is 22.9 Å². The molecular formula is C22H20N6O. The van der Waals surface area contributed by atoms with Gasteiger partial charge in [0, 0.05) is 66.8 Å². The third kappa shape index (κ3) is 3.00. The van der Waals surface area contributed by atoms with E-state index >= 15 is 0 Å². The highest BCUT2D eigenvalue weighted by atomic mass is 16.5. The average Bonchev–Trinajstić information content (AvgIpc) is 3.40. The zero-order valence-electron chi connectivity index (χ0n) is 16.5. The smallest absolute Gasteiger partial charge is 0.141 e. The van der Waals surface area contributed by atoms with Crippen molar-refractivity contribution in [2.24, 2.45) is 7.05 Å². The van der Waals surface area contributed by atoms with Crippen molar-refractivity contribution >= 4 is 11.0 Å². The second-order valence-electron chi connectivity index (χ2n) is 7.23. The van der Waals surface area contributed by atoms with E-state index in [1.54, 1.807) is 10.9 Å². The van der Waals surface area contributed by atoms with Gasteiger partial charge in [-0.2, -0.15) is 5.10 Å². The molecule has 0 aromatic carbocycles. The van der Waals surface area contributed by atoms with Crippen LogP contribution >= 0.6 is 0 Å². The maximum absolute atomic E-state index is 5.36. The van der Waals surface area contributed by atoms with Crippen LogP contribution in [0.2, 0.25) is 0 Å². The van der Waals surface area contributed by atoms with Crippen molar-refractivity contribution in [2.75, 3.05) is 0 Å². The van der Waals surface area contributed by atoms with Crippen molar-refractivity contribution in [1.29, 1.82) is 0 Å². The Hall–Kier alpha value is -3.74. The first-order valence-corrected chi connectivity index (χ1v) is 9.40. The van der Waals surface area contributed by atoms with Crippen LogP contribution in [0.4, 0.5) is 0 Å². The molecular weight excluding hydrogens is 364 g/mol. The molecule has 0 saturated carbocycles. The van der Waals surface area contributed by atoms with Crippen LogP contribution in [0.5, 0.6) is 0 Å². The fourth-order valence-corrected chi connectivity index (χ4v) is 3.79. The van der Waals surface area contributed by atoms with Gasteiger partial charge in [0.25, 0.3) is 0 Å². The molecule has 0 aliphatic rings. The summed E-state index contributed by atoms with van der Waals surface area (Å²) >= 11 is 0. The van der Waals surface area contributed by atoms with Crippen LogP contribution in [0.25, 0.3) is 33.3 Å². The molecule has 0 aliphatic carbocycles. The molecule has 29 heavy (non-hydrogen) atoms. The maximum atomic E-state index is 5.36. The average molecular weight is 384 g/mol. The molecule has 0 amide bonds.